The standard InChI is InChI=1S/C21H20N2O5/c1-14(24)28-22-20(17-4-2-3-5-17)21(25)18-8-6-15(7-9-18)16-10-12-19(13-11-16)23(26)27/h6-13,17H,2-5H2,1H3/b22-20-. The summed E-state index contributed by atoms with van der Waals surface area (Å²) in [5.41, 5.74) is 2.43. The summed E-state index contributed by atoms with van der Waals surface area (Å²) in [6, 6.07) is 13.2. The summed E-state index contributed by atoms with van der Waals surface area (Å²) in [6.07, 6.45) is 3.76. The second kappa shape index (κ2) is 8.56. The summed E-state index contributed by atoms with van der Waals surface area (Å²) in [7, 11) is 0. The molecule has 0 aromatic heterocycles. The van der Waals surface area contributed by atoms with Crippen LogP contribution in [0.5, 0.6) is 0 Å². The van der Waals surface area contributed by atoms with Gasteiger partial charge in [-0.25, -0.2) is 4.79 Å². The van der Waals surface area contributed by atoms with Crippen LogP contribution in [0.3, 0.4) is 0 Å². The summed E-state index contributed by atoms with van der Waals surface area (Å²) >= 11 is 0. The van der Waals surface area contributed by atoms with Crippen molar-refractivity contribution in [2.75, 3.05) is 0 Å². The number of hydrogen-bond donors (Lipinski definition) is 0. The maximum atomic E-state index is 12.9. The Morgan fingerprint density at radius 1 is 1.00 bits per heavy atom. The number of carbonyl (C=O) groups is 2. The van der Waals surface area contributed by atoms with Crippen molar-refractivity contribution in [1.29, 1.82) is 0 Å². The molecule has 0 N–H and O–H groups in total. The molecule has 0 atom stereocenters. The summed E-state index contributed by atoms with van der Waals surface area (Å²) in [4.78, 5) is 39.1. The number of ketones is 1. The van der Waals surface area contributed by atoms with E-state index in [0.717, 1.165) is 36.8 Å². The molecule has 1 saturated carbocycles. The van der Waals surface area contributed by atoms with E-state index >= 15 is 0 Å². The van der Waals surface area contributed by atoms with Crippen molar-refractivity contribution >= 4 is 23.2 Å². The molecule has 0 amide bonds. The van der Waals surface area contributed by atoms with Gasteiger partial charge in [0.15, 0.2) is 0 Å². The average Bonchev–Trinajstić information content (AvgIpc) is 3.22. The lowest BCUT2D eigenvalue weighted by atomic mass is 9.93. The Kier molecular flexibility index (Phi) is 5.93. The van der Waals surface area contributed by atoms with Gasteiger partial charge in [0.25, 0.3) is 5.69 Å². The van der Waals surface area contributed by atoms with E-state index in [1.165, 1.54) is 19.1 Å². The van der Waals surface area contributed by atoms with Crippen LogP contribution in [0.2, 0.25) is 0 Å². The number of carbonyl (C=O) groups excluding carboxylic acids is 2. The van der Waals surface area contributed by atoms with Crippen molar-refractivity contribution in [3.8, 4) is 11.1 Å². The Morgan fingerprint density at radius 3 is 2.04 bits per heavy atom. The predicted octanol–water partition coefficient (Wildman–Crippen LogP) is 4.55. The Hall–Kier alpha value is -3.35. The number of nitrogens with zero attached hydrogens (tertiary/aromatic N) is 2. The third-order valence-electron chi connectivity index (χ3n) is 4.81. The Bertz CT molecular complexity index is 911. The molecule has 7 heteroatoms. The molecule has 1 aliphatic carbocycles. The number of non-ortho nitro benzene ring substituents is 1. The maximum Gasteiger partial charge on any atom is 0.331 e. The largest absolute Gasteiger partial charge is 0.331 e. The minimum Gasteiger partial charge on any atom is -0.318 e. The van der Waals surface area contributed by atoms with Gasteiger partial charge in [0.2, 0.25) is 5.78 Å². The predicted molar refractivity (Wildman–Crippen MR) is 104 cm³/mol. The van der Waals surface area contributed by atoms with Crippen LogP contribution in [0.4, 0.5) is 5.69 Å². The highest BCUT2D eigenvalue weighted by atomic mass is 16.7. The number of rotatable bonds is 6. The Morgan fingerprint density at radius 2 is 1.54 bits per heavy atom. The first-order valence-electron chi connectivity index (χ1n) is 9.11. The van der Waals surface area contributed by atoms with E-state index in [9.17, 15) is 19.7 Å². The monoisotopic (exact) mass is 380 g/mol. The topological polar surface area (TPSA) is 98.9 Å². The van der Waals surface area contributed by atoms with Gasteiger partial charge in [0.1, 0.15) is 5.71 Å². The molecule has 0 saturated heterocycles. The molecule has 1 fully saturated rings. The summed E-state index contributed by atoms with van der Waals surface area (Å²) in [5, 5.41) is 14.6. The molecule has 0 bridgehead atoms. The molecule has 2 aromatic carbocycles. The fraction of sp³-hybridized carbons (Fsp3) is 0.286. The molecule has 2 aromatic rings. The molecule has 0 radical (unpaired) electrons. The molecule has 1 aliphatic rings. The zero-order valence-corrected chi connectivity index (χ0v) is 15.5. The van der Waals surface area contributed by atoms with Gasteiger partial charge in [-0.3, -0.25) is 14.9 Å². The second-order valence-corrected chi connectivity index (χ2v) is 6.75. The quantitative estimate of drug-likeness (QED) is 0.241. The third-order valence-corrected chi connectivity index (χ3v) is 4.81. The number of Topliss-reactive ketones (excluding diaryl/α,β-unsaturated/α-hetero) is 1. The molecule has 144 valence electrons. The van der Waals surface area contributed by atoms with Crippen molar-refractivity contribution < 1.29 is 19.3 Å². The van der Waals surface area contributed by atoms with E-state index in [1.54, 1.807) is 36.4 Å². The zero-order valence-electron chi connectivity index (χ0n) is 15.5. The minimum absolute atomic E-state index is 0.00111. The van der Waals surface area contributed by atoms with Crippen molar-refractivity contribution in [3.63, 3.8) is 0 Å². The minimum atomic E-state index is -0.559. The van der Waals surface area contributed by atoms with E-state index < -0.39 is 10.9 Å². The highest BCUT2D eigenvalue weighted by Gasteiger charge is 2.28. The fourth-order valence-corrected chi connectivity index (χ4v) is 3.35. The van der Waals surface area contributed by atoms with Gasteiger partial charge in [-0.15, -0.1) is 0 Å². The number of hydrogen-bond acceptors (Lipinski definition) is 6. The molecule has 28 heavy (non-hydrogen) atoms. The average molecular weight is 380 g/mol. The molecule has 0 spiro atoms. The second-order valence-electron chi connectivity index (χ2n) is 6.75. The van der Waals surface area contributed by atoms with E-state index in [1.807, 2.05) is 0 Å². The number of nitro groups is 1. The van der Waals surface area contributed by atoms with Crippen molar-refractivity contribution in [2.24, 2.45) is 11.1 Å². The molecule has 0 unspecified atom stereocenters. The Balaban J connectivity index is 1.82. The number of nitro benzene ring substituents is 1. The molecular weight excluding hydrogens is 360 g/mol. The summed E-state index contributed by atoms with van der Waals surface area (Å²) in [6.45, 7) is 1.25. The summed E-state index contributed by atoms with van der Waals surface area (Å²) < 4.78 is 0. The third kappa shape index (κ3) is 4.49. The van der Waals surface area contributed by atoms with Gasteiger partial charge >= 0.3 is 5.97 Å². The van der Waals surface area contributed by atoms with Crippen LogP contribution < -0.4 is 0 Å². The zero-order chi connectivity index (χ0) is 20.1. The van der Waals surface area contributed by atoms with Gasteiger partial charge in [0.05, 0.1) is 4.92 Å². The first kappa shape index (κ1) is 19.4. The maximum absolute atomic E-state index is 12.9. The fourth-order valence-electron chi connectivity index (χ4n) is 3.35. The lowest BCUT2D eigenvalue weighted by Gasteiger charge is -2.12. The van der Waals surface area contributed by atoms with Crippen LogP contribution in [-0.2, 0) is 9.63 Å². The number of benzene rings is 2. The molecule has 0 aliphatic heterocycles. The van der Waals surface area contributed by atoms with Crippen LogP contribution >= 0.6 is 0 Å². The van der Waals surface area contributed by atoms with E-state index in [2.05, 4.69) is 5.16 Å². The highest BCUT2D eigenvalue weighted by molar-refractivity contribution is 6.46. The Labute approximate surface area is 162 Å². The first-order valence-corrected chi connectivity index (χ1v) is 9.11. The molecule has 0 heterocycles. The van der Waals surface area contributed by atoms with Crippen LogP contribution in [0.1, 0.15) is 43.0 Å². The highest BCUT2D eigenvalue weighted by Crippen LogP contribution is 2.28. The van der Waals surface area contributed by atoms with E-state index in [-0.39, 0.29) is 23.1 Å². The molecular formula is C21H20N2O5. The molecule has 3 rings (SSSR count). The van der Waals surface area contributed by atoms with Gasteiger partial charge < -0.3 is 4.84 Å². The van der Waals surface area contributed by atoms with Crippen LogP contribution in [0.25, 0.3) is 11.1 Å². The van der Waals surface area contributed by atoms with Gasteiger partial charge in [-0.1, -0.05) is 42.3 Å². The normalized spacial score (nSPS) is 14.7. The number of oxime groups is 1. The first-order chi connectivity index (χ1) is 13.5. The lowest BCUT2D eigenvalue weighted by Crippen LogP contribution is -2.23. The van der Waals surface area contributed by atoms with Crippen LogP contribution in [-0.4, -0.2) is 22.4 Å². The van der Waals surface area contributed by atoms with Crippen LogP contribution in [0.15, 0.2) is 53.7 Å². The SMILES string of the molecule is CC(=O)O/N=C(\C(=O)c1ccc(-c2ccc([N+](=O)[O-])cc2)cc1)C1CCCC1. The van der Waals surface area contributed by atoms with Crippen molar-refractivity contribution in [1.82, 2.24) is 0 Å². The van der Waals surface area contributed by atoms with Crippen molar-refractivity contribution in [2.45, 2.75) is 32.6 Å². The van der Waals surface area contributed by atoms with E-state index in [0.29, 0.717) is 5.56 Å². The van der Waals surface area contributed by atoms with Crippen molar-refractivity contribution in [3.05, 3.63) is 64.2 Å². The smallest absolute Gasteiger partial charge is 0.318 e. The molecule has 7 nitrogen and oxygen atoms in total. The summed E-state index contributed by atoms with van der Waals surface area (Å²) in [5.74, 6) is -0.804. The van der Waals surface area contributed by atoms with Gasteiger partial charge in [-0.2, -0.15) is 0 Å². The lowest BCUT2D eigenvalue weighted by molar-refractivity contribution is -0.384. The van der Waals surface area contributed by atoms with E-state index in [4.69, 9.17) is 4.84 Å². The van der Waals surface area contributed by atoms with Crippen LogP contribution in [0, 0.1) is 16.0 Å². The van der Waals surface area contributed by atoms with Gasteiger partial charge in [-0.05, 0) is 36.1 Å². The van der Waals surface area contributed by atoms with Gasteiger partial charge in [0, 0.05) is 30.5 Å².